The molecule has 3 aromatic rings. The van der Waals surface area contributed by atoms with Crippen molar-refractivity contribution in [2.75, 3.05) is 25.1 Å². The van der Waals surface area contributed by atoms with Gasteiger partial charge in [-0.1, -0.05) is 30.1 Å². The van der Waals surface area contributed by atoms with E-state index in [1.54, 1.807) is 30.2 Å². The van der Waals surface area contributed by atoms with E-state index < -0.39 is 17.3 Å². The minimum atomic E-state index is -4.68. The Hall–Kier alpha value is -1.43. The van der Waals surface area contributed by atoms with Gasteiger partial charge in [0.25, 0.3) is 5.56 Å². The van der Waals surface area contributed by atoms with E-state index in [1.165, 1.54) is 10.9 Å². The number of aromatic nitrogens is 2. The molecular weight excluding hydrogens is 552 g/mol. The molecule has 2 aromatic carbocycles. The Balaban J connectivity index is 0.00000176. The number of thiol groups is 1. The Morgan fingerprint density at radius 2 is 1.94 bits per heavy atom. The number of likely N-dealkylation sites (tertiary alicyclic amines) is 1. The van der Waals surface area contributed by atoms with Gasteiger partial charge in [0.15, 0.2) is 0 Å². The van der Waals surface area contributed by atoms with Crippen molar-refractivity contribution in [2.24, 2.45) is 5.73 Å². The summed E-state index contributed by atoms with van der Waals surface area (Å²) in [6.45, 7) is 3.18. The maximum atomic E-state index is 14.0. The van der Waals surface area contributed by atoms with Crippen molar-refractivity contribution in [2.45, 2.75) is 43.5 Å². The molecule has 0 aliphatic carbocycles. The monoisotopic (exact) mass is 578 g/mol. The fourth-order valence-corrected chi connectivity index (χ4v) is 5.50. The van der Waals surface area contributed by atoms with E-state index in [1.807, 2.05) is 17.9 Å². The molecule has 2 N–H and O–H groups in total. The number of fused-ring (bicyclic) bond motifs is 1. The highest BCUT2D eigenvalue weighted by molar-refractivity contribution is 7.99. The highest BCUT2D eigenvalue weighted by atomic mass is 35.5. The van der Waals surface area contributed by atoms with Crippen molar-refractivity contribution < 1.29 is 13.2 Å². The van der Waals surface area contributed by atoms with Crippen LogP contribution in [0.15, 0.2) is 40.3 Å². The lowest BCUT2D eigenvalue weighted by molar-refractivity contribution is -0.138. The van der Waals surface area contributed by atoms with Crippen LogP contribution >= 0.6 is 47.6 Å². The highest BCUT2D eigenvalue weighted by Gasteiger charge is 2.37. The first-order chi connectivity index (χ1) is 17.1. The normalized spacial score (nSPS) is 16.3. The minimum absolute atomic E-state index is 0.0117. The van der Waals surface area contributed by atoms with E-state index in [0.29, 0.717) is 24.5 Å². The van der Waals surface area contributed by atoms with E-state index in [-0.39, 0.29) is 40.6 Å². The Morgan fingerprint density at radius 3 is 2.56 bits per heavy atom. The molecule has 5 nitrogen and oxygen atoms in total. The topological polar surface area (TPSA) is 64.2 Å². The largest absolute Gasteiger partial charge is 0.416 e. The zero-order valence-electron chi connectivity index (χ0n) is 19.8. The molecule has 0 amide bonds. The summed E-state index contributed by atoms with van der Waals surface area (Å²) in [6.07, 6.45) is -0.960. The van der Waals surface area contributed by atoms with Crippen LogP contribution in [0.3, 0.4) is 0 Å². The number of thioether (sulfide) groups is 1. The third-order valence-corrected chi connectivity index (χ3v) is 7.46. The van der Waals surface area contributed by atoms with Crippen molar-refractivity contribution in [3.05, 3.63) is 67.7 Å². The molecule has 0 unspecified atom stereocenters. The van der Waals surface area contributed by atoms with Gasteiger partial charge in [-0.3, -0.25) is 14.3 Å². The van der Waals surface area contributed by atoms with Crippen molar-refractivity contribution in [3.63, 3.8) is 0 Å². The van der Waals surface area contributed by atoms with Crippen molar-refractivity contribution in [1.82, 2.24) is 14.5 Å². The first-order valence-electron chi connectivity index (χ1n) is 11.2. The Labute approximate surface area is 227 Å². The van der Waals surface area contributed by atoms with E-state index in [4.69, 9.17) is 28.9 Å². The molecule has 1 aliphatic heterocycles. The van der Waals surface area contributed by atoms with Crippen LogP contribution in [0.1, 0.15) is 30.0 Å². The van der Waals surface area contributed by atoms with Crippen LogP contribution in [0.25, 0.3) is 10.9 Å². The molecule has 4 rings (SSSR count). The lowest BCUT2D eigenvalue weighted by Gasteiger charge is -2.21. The number of nitrogens with two attached hydrogens (primary N) is 1. The summed E-state index contributed by atoms with van der Waals surface area (Å²) in [6, 6.07) is 6.16. The molecule has 1 aliphatic rings. The molecule has 0 bridgehead atoms. The fourth-order valence-electron chi connectivity index (χ4n) is 4.20. The number of hydrogen-bond acceptors (Lipinski definition) is 6. The van der Waals surface area contributed by atoms with E-state index in [9.17, 15) is 18.0 Å². The van der Waals surface area contributed by atoms with E-state index in [0.717, 1.165) is 22.3 Å². The van der Waals surface area contributed by atoms with Gasteiger partial charge < -0.3 is 5.73 Å². The van der Waals surface area contributed by atoms with Crippen LogP contribution < -0.4 is 11.3 Å². The van der Waals surface area contributed by atoms with Crippen LogP contribution in [-0.4, -0.2) is 45.6 Å². The highest BCUT2D eigenvalue weighted by Crippen LogP contribution is 2.39. The predicted molar refractivity (Wildman–Crippen MR) is 146 cm³/mol. The smallest absolute Gasteiger partial charge is 0.326 e. The standard InChI is InChI=1S/C23H23Cl2F3N4OS.CH4S/c1-2-34-19-4-3-14(24)7-13(19)9-32-12-30-21-16(22(32)33)8-18(23(26,27)28)17(20(21)25)11-31-6-5-15(29)10-31;1-2/h3-4,7-8,12,15H,2,5-6,9-11,29H2,1H3;2H,1H3/t15-;/m1./s1. The maximum Gasteiger partial charge on any atom is 0.416 e. The van der Waals surface area contributed by atoms with Gasteiger partial charge in [-0.2, -0.15) is 25.8 Å². The van der Waals surface area contributed by atoms with Crippen LogP contribution in [0, 0.1) is 0 Å². The van der Waals surface area contributed by atoms with E-state index in [2.05, 4.69) is 17.6 Å². The molecule has 1 fully saturated rings. The molecule has 0 spiro atoms. The average molecular weight is 580 g/mol. The Kier molecular flexibility index (Phi) is 10.0. The lowest BCUT2D eigenvalue weighted by Crippen LogP contribution is -2.28. The molecule has 1 atom stereocenters. The fraction of sp³-hybridized carbons (Fsp3) is 0.417. The van der Waals surface area contributed by atoms with Gasteiger partial charge in [0.2, 0.25) is 0 Å². The number of nitrogens with zero attached hydrogens (tertiary/aromatic N) is 3. The van der Waals surface area contributed by atoms with Crippen molar-refractivity contribution in [1.29, 1.82) is 0 Å². The van der Waals surface area contributed by atoms with Gasteiger partial charge in [-0.05, 0) is 53.8 Å². The van der Waals surface area contributed by atoms with Gasteiger partial charge in [0.05, 0.1) is 34.4 Å². The van der Waals surface area contributed by atoms with Crippen LogP contribution in [0.2, 0.25) is 10.0 Å². The SMILES string of the molecule is CCSc1ccc(Cl)cc1Cn1cnc2c(Cl)c(CN3CC[C@@H](N)C3)c(C(F)(F)F)cc2c1=O.CS. The third kappa shape index (κ3) is 6.52. The predicted octanol–water partition coefficient (Wildman–Crippen LogP) is 5.96. The lowest BCUT2D eigenvalue weighted by atomic mass is 10.0. The summed E-state index contributed by atoms with van der Waals surface area (Å²) in [5.74, 6) is 0.814. The molecule has 0 saturated carbocycles. The van der Waals surface area contributed by atoms with Crippen LogP contribution in [0.5, 0.6) is 0 Å². The summed E-state index contributed by atoms with van der Waals surface area (Å²) in [4.78, 5) is 20.3. The summed E-state index contributed by atoms with van der Waals surface area (Å²) < 4.78 is 43.3. The first-order valence-corrected chi connectivity index (χ1v) is 13.8. The summed E-state index contributed by atoms with van der Waals surface area (Å²) >= 11 is 17.7. The van der Waals surface area contributed by atoms with Crippen molar-refractivity contribution in [3.8, 4) is 0 Å². The third-order valence-electron chi connectivity index (χ3n) is 5.82. The Morgan fingerprint density at radius 1 is 1.22 bits per heavy atom. The number of halogens is 5. The summed E-state index contributed by atoms with van der Waals surface area (Å²) in [5.41, 5.74) is 5.14. The number of alkyl halides is 3. The molecule has 1 saturated heterocycles. The number of rotatable bonds is 6. The number of hydrogen-bond donors (Lipinski definition) is 2. The summed E-state index contributed by atoms with van der Waals surface area (Å²) in [7, 11) is 0. The molecular formula is C24H27Cl2F3N4OS2. The van der Waals surface area contributed by atoms with E-state index >= 15 is 0 Å². The first kappa shape index (κ1) is 29.1. The second-order valence-corrected chi connectivity index (χ2v) is 10.4. The zero-order valence-corrected chi connectivity index (χ0v) is 23.0. The van der Waals surface area contributed by atoms with Gasteiger partial charge >= 0.3 is 6.18 Å². The molecule has 36 heavy (non-hydrogen) atoms. The van der Waals surface area contributed by atoms with Gasteiger partial charge in [0, 0.05) is 35.6 Å². The van der Waals surface area contributed by atoms with Gasteiger partial charge in [-0.25, -0.2) is 4.98 Å². The molecule has 2 heterocycles. The van der Waals surface area contributed by atoms with Crippen molar-refractivity contribution >= 4 is 58.5 Å². The van der Waals surface area contributed by atoms with Crippen LogP contribution in [-0.2, 0) is 19.3 Å². The molecule has 1 aromatic heterocycles. The molecule has 12 heteroatoms. The van der Waals surface area contributed by atoms with Crippen LogP contribution in [0.4, 0.5) is 13.2 Å². The van der Waals surface area contributed by atoms with Gasteiger partial charge in [0.1, 0.15) is 0 Å². The summed E-state index contributed by atoms with van der Waals surface area (Å²) in [5, 5.41) is 0.180. The zero-order chi connectivity index (χ0) is 26.6. The maximum absolute atomic E-state index is 14.0. The molecule has 196 valence electrons. The Bertz CT molecular complexity index is 1290. The molecule has 0 radical (unpaired) electrons. The quantitative estimate of drug-likeness (QED) is 0.279. The second-order valence-electron chi connectivity index (χ2n) is 8.26. The minimum Gasteiger partial charge on any atom is -0.326 e. The number of benzene rings is 2. The average Bonchev–Trinajstić information content (AvgIpc) is 3.24. The van der Waals surface area contributed by atoms with Gasteiger partial charge in [-0.15, -0.1) is 11.8 Å². The second kappa shape index (κ2) is 12.4.